The standard InChI is InChI=1S/C16H23N3O3/c1-4-11(2)14(18-12(3)20)15(21)19-16(22)17-10-13-8-6-5-7-9-13/h5-9,11,14H,4,10H2,1-3H3,(H,18,20)(H2,17,19,21,22). The Morgan fingerprint density at radius 1 is 1.14 bits per heavy atom. The Bertz CT molecular complexity index is 517. The lowest BCUT2D eigenvalue weighted by molar-refractivity contribution is -0.128. The van der Waals surface area contributed by atoms with Crippen molar-refractivity contribution in [3.05, 3.63) is 35.9 Å². The van der Waals surface area contributed by atoms with Crippen LogP contribution in [-0.4, -0.2) is 23.9 Å². The normalized spacial score (nSPS) is 12.9. The first-order valence-electron chi connectivity index (χ1n) is 7.33. The Hall–Kier alpha value is -2.37. The summed E-state index contributed by atoms with van der Waals surface area (Å²) in [6.45, 7) is 5.44. The highest BCUT2D eigenvalue weighted by Gasteiger charge is 2.26. The van der Waals surface area contributed by atoms with Crippen LogP contribution in [0.3, 0.4) is 0 Å². The molecule has 0 fully saturated rings. The van der Waals surface area contributed by atoms with Crippen LogP contribution in [0.1, 0.15) is 32.8 Å². The van der Waals surface area contributed by atoms with Crippen LogP contribution in [0.2, 0.25) is 0 Å². The molecule has 0 bridgehead atoms. The van der Waals surface area contributed by atoms with Gasteiger partial charge in [-0.1, -0.05) is 50.6 Å². The first kappa shape index (κ1) is 17.7. The molecule has 0 radical (unpaired) electrons. The average molecular weight is 305 g/mol. The van der Waals surface area contributed by atoms with Gasteiger partial charge in [0.2, 0.25) is 5.91 Å². The zero-order valence-corrected chi connectivity index (χ0v) is 13.2. The number of hydrogen-bond donors (Lipinski definition) is 3. The Morgan fingerprint density at radius 2 is 1.77 bits per heavy atom. The van der Waals surface area contributed by atoms with Crippen molar-refractivity contribution in [3.8, 4) is 0 Å². The smallest absolute Gasteiger partial charge is 0.321 e. The fourth-order valence-corrected chi connectivity index (χ4v) is 1.93. The number of nitrogens with one attached hydrogen (secondary N) is 3. The Labute approximate surface area is 130 Å². The molecule has 3 N–H and O–H groups in total. The molecule has 2 unspecified atom stereocenters. The van der Waals surface area contributed by atoms with E-state index in [4.69, 9.17) is 0 Å². The largest absolute Gasteiger partial charge is 0.344 e. The number of carbonyl (C=O) groups excluding carboxylic acids is 3. The van der Waals surface area contributed by atoms with Crippen molar-refractivity contribution in [3.63, 3.8) is 0 Å². The second-order valence-electron chi connectivity index (χ2n) is 5.22. The van der Waals surface area contributed by atoms with Gasteiger partial charge in [-0.15, -0.1) is 0 Å². The maximum atomic E-state index is 12.1. The molecule has 1 aromatic rings. The molecule has 0 spiro atoms. The summed E-state index contributed by atoms with van der Waals surface area (Å²) in [4.78, 5) is 35.1. The van der Waals surface area contributed by atoms with E-state index in [1.165, 1.54) is 6.92 Å². The van der Waals surface area contributed by atoms with Crippen molar-refractivity contribution < 1.29 is 14.4 Å². The lowest BCUT2D eigenvalue weighted by atomic mass is 9.98. The molecule has 4 amide bonds. The topological polar surface area (TPSA) is 87.3 Å². The predicted octanol–water partition coefficient (Wildman–Crippen LogP) is 1.56. The zero-order chi connectivity index (χ0) is 16.5. The number of hydrogen-bond acceptors (Lipinski definition) is 3. The first-order chi connectivity index (χ1) is 10.4. The lowest BCUT2D eigenvalue weighted by Crippen LogP contribution is -2.52. The number of carbonyl (C=O) groups is 3. The quantitative estimate of drug-likeness (QED) is 0.745. The van der Waals surface area contributed by atoms with Crippen LogP contribution in [0, 0.1) is 5.92 Å². The van der Waals surface area contributed by atoms with Crippen molar-refractivity contribution >= 4 is 17.8 Å². The summed E-state index contributed by atoms with van der Waals surface area (Å²) >= 11 is 0. The highest BCUT2D eigenvalue weighted by Crippen LogP contribution is 2.08. The molecular weight excluding hydrogens is 282 g/mol. The summed E-state index contributed by atoms with van der Waals surface area (Å²) in [5.41, 5.74) is 0.936. The van der Waals surface area contributed by atoms with Gasteiger partial charge in [-0.2, -0.15) is 0 Å². The molecule has 0 aliphatic heterocycles. The predicted molar refractivity (Wildman–Crippen MR) is 83.9 cm³/mol. The van der Waals surface area contributed by atoms with Gasteiger partial charge in [-0.25, -0.2) is 4.79 Å². The molecule has 0 aromatic heterocycles. The minimum absolute atomic E-state index is 0.0641. The highest BCUT2D eigenvalue weighted by molar-refractivity contribution is 5.98. The molecule has 6 heteroatoms. The molecular formula is C16H23N3O3. The molecule has 22 heavy (non-hydrogen) atoms. The molecule has 0 heterocycles. The van der Waals surface area contributed by atoms with E-state index >= 15 is 0 Å². The summed E-state index contributed by atoms with van der Waals surface area (Å²) in [7, 11) is 0. The minimum atomic E-state index is -0.718. The third-order valence-electron chi connectivity index (χ3n) is 3.39. The van der Waals surface area contributed by atoms with Gasteiger partial charge in [0.05, 0.1) is 0 Å². The van der Waals surface area contributed by atoms with Crippen LogP contribution >= 0.6 is 0 Å². The van der Waals surface area contributed by atoms with Gasteiger partial charge >= 0.3 is 6.03 Å². The summed E-state index contributed by atoms with van der Waals surface area (Å²) in [6, 6.07) is 8.09. The van der Waals surface area contributed by atoms with Gasteiger partial charge in [0.1, 0.15) is 6.04 Å². The second-order valence-corrected chi connectivity index (χ2v) is 5.22. The second kappa shape index (κ2) is 8.81. The number of rotatable bonds is 6. The number of benzene rings is 1. The third-order valence-corrected chi connectivity index (χ3v) is 3.39. The van der Waals surface area contributed by atoms with Crippen LogP contribution < -0.4 is 16.0 Å². The van der Waals surface area contributed by atoms with Crippen molar-refractivity contribution in [2.45, 2.75) is 39.8 Å². The molecule has 0 aliphatic carbocycles. The molecule has 1 rings (SSSR count). The molecule has 120 valence electrons. The first-order valence-corrected chi connectivity index (χ1v) is 7.33. The van der Waals surface area contributed by atoms with Gasteiger partial charge in [0.25, 0.3) is 5.91 Å². The van der Waals surface area contributed by atoms with Gasteiger partial charge in [-0.05, 0) is 11.5 Å². The van der Waals surface area contributed by atoms with E-state index in [0.29, 0.717) is 13.0 Å². The summed E-state index contributed by atoms with van der Waals surface area (Å²) < 4.78 is 0. The molecule has 6 nitrogen and oxygen atoms in total. The fraction of sp³-hybridized carbons (Fsp3) is 0.438. The maximum absolute atomic E-state index is 12.1. The monoisotopic (exact) mass is 305 g/mol. The van der Waals surface area contributed by atoms with Gasteiger partial charge in [-0.3, -0.25) is 14.9 Å². The third kappa shape index (κ3) is 5.95. The fourth-order valence-electron chi connectivity index (χ4n) is 1.93. The van der Waals surface area contributed by atoms with Crippen molar-refractivity contribution in [1.29, 1.82) is 0 Å². The van der Waals surface area contributed by atoms with E-state index in [2.05, 4.69) is 16.0 Å². The van der Waals surface area contributed by atoms with Crippen LogP contribution in [0.15, 0.2) is 30.3 Å². The number of amides is 4. The SMILES string of the molecule is CCC(C)C(NC(C)=O)C(=O)NC(=O)NCc1ccccc1. The number of imide groups is 1. The van der Waals surface area contributed by atoms with Crippen molar-refractivity contribution in [1.82, 2.24) is 16.0 Å². The van der Waals surface area contributed by atoms with Gasteiger partial charge in [0.15, 0.2) is 0 Å². The van der Waals surface area contributed by atoms with E-state index in [1.807, 2.05) is 44.2 Å². The van der Waals surface area contributed by atoms with Gasteiger partial charge in [0, 0.05) is 13.5 Å². The van der Waals surface area contributed by atoms with Crippen LogP contribution in [0.4, 0.5) is 4.79 Å². The molecule has 0 aliphatic rings. The summed E-state index contributed by atoms with van der Waals surface area (Å²) in [5.74, 6) is -0.869. The Balaban J connectivity index is 2.53. The maximum Gasteiger partial charge on any atom is 0.321 e. The van der Waals surface area contributed by atoms with E-state index in [-0.39, 0.29) is 11.8 Å². The zero-order valence-electron chi connectivity index (χ0n) is 13.2. The Kier molecular flexibility index (Phi) is 7.08. The van der Waals surface area contributed by atoms with E-state index in [0.717, 1.165) is 5.56 Å². The van der Waals surface area contributed by atoms with Crippen LogP contribution in [-0.2, 0) is 16.1 Å². The van der Waals surface area contributed by atoms with Crippen molar-refractivity contribution in [2.24, 2.45) is 5.92 Å². The molecule has 0 saturated carbocycles. The number of urea groups is 1. The molecule has 2 atom stereocenters. The summed E-state index contributed by atoms with van der Waals surface area (Å²) in [5, 5.41) is 7.46. The van der Waals surface area contributed by atoms with Gasteiger partial charge < -0.3 is 10.6 Å². The lowest BCUT2D eigenvalue weighted by Gasteiger charge is -2.22. The van der Waals surface area contributed by atoms with E-state index in [1.54, 1.807) is 0 Å². The average Bonchev–Trinajstić information content (AvgIpc) is 2.50. The van der Waals surface area contributed by atoms with Crippen LogP contribution in [0.5, 0.6) is 0 Å². The minimum Gasteiger partial charge on any atom is -0.344 e. The summed E-state index contributed by atoms with van der Waals surface area (Å²) in [6.07, 6.45) is 0.712. The van der Waals surface area contributed by atoms with Crippen molar-refractivity contribution in [2.75, 3.05) is 0 Å². The van der Waals surface area contributed by atoms with E-state index in [9.17, 15) is 14.4 Å². The Morgan fingerprint density at radius 3 is 2.32 bits per heavy atom. The van der Waals surface area contributed by atoms with E-state index < -0.39 is 18.0 Å². The highest BCUT2D eigenvalue weighted by atomic mass is 16.2. The molecule has 1 aromatic carbocycles. The van der Waals surface area contributed by atoms with Crippen LogP contribution in [0.25, 0.3) is 0 Å². The molecule has 0 saturated heterocycles.